The molecule has 1 heterocycles. The Labute approximate surface area is 171 Å². The number of hydrogen-bond acceptors (Lipinski definition) is 3. The van der Waals surface area contributed by atoms with E-state index in [1.807, 2.05) is 19.1 Å². The summed E-state index contributed by atoms with van der Waals surface area (Å²) < 4.78 is 27.7. The molecule has 0 radical (unpaired) electrons. The third kappa shape index (κ3) is 5.13. The molecule has 2 aromatic carbocycles. The van der Waals surface area contributed by atoms with Crippen LogP contribution in [0.3, 0.4) is 0 Å². The molecule has 1 fully saturated rings. The predicted octanol–water partition coefficient (Wildman–Crippen LogP) is 3.90. The monoisotopic (exact) mass is 420 g/mol. The summed E-state index contributed by atoms with van der Waals surface area (Å²) in [6, 6.07) is 13.8. The summed E-state index contributed by atoms with van der Waals surface area (Å²) in [5, 5.41) is 3.53. The zero-order valence-electron chi connectivity index (χ0n) is 15.9. The van der Waals surface area contributed by atoms with Gasteiger partial charge in [0.05, 0.1) is 4.90 Å². The quantitative estimate of drug-likeness (QED) is 0.770. The van der Waals surface area contributed by atoms with Gasteiger partial charge in [-0.1, -0.05) is 47.9 Å². The number of hydrogen-bond donors (Lipinski definition) is 1. The molecule has 1 aliphatic rings. The fourth-order valence-corrected chi connectivity index (χ4v) is 5.25. The fourth-order valence-electron chi connectivity index (χ4n) is 3.43. The van der Waals surface area contributed by atoms with Crippen LogP contribution in [0.2, 0.25) is 5.02 Å². The molecule has 0 bridgehead atoms. The third-order valence-corrected chi connectivity index (χ3v) is 7.24. The number of piperidine rings is 1. The summed E-state index contributed by atoms with van der Waals surface area (Å²) in [5.74, 6) is -0.147. The Balaban J connectivity index is 1.66. The summed E-state index contributed by atoms with van der Waals surface area (Å²) in [6.45, 7) is 2.77. The van der Waals surface area contributed by atoms with Crippen LogP contribution in [-0.2, 0) is 21.4 Å². The lowest BCUT2D eigenvalue weighted by molar-refractivity contribution is -0.122. The molecule has 150 valence electrons. The van der Waals surface area contributed by atoms with Gasteiger partial charge < -0.3 is 5.32 Å². The molecular formula is C21H25ClN2O3S. The molecule has 28 heavy (non-hydrogen) atoms. The Morgan fingerprint density at radius 3 is 2.46 bits per heavy atom. The topological polar surface area (TPSA) is 66.5 Å². The molecule has 0 unspecified atom stereocenters. The average molecular weight is 421 g/mol. The molecule has 0 spiro atoms. The molecule has 5 nitrogen and oxygen atoms in total. The highest BCUT2D eigenvalue weighted by Crippen LogP contribution is 2.27. The van der Waals surface area contributed by atoms with Crippen molar-refractivity contribution in [1.82, 2.24) is 9.62 Å². The molecule has 0 aliphatic carbocycles. The van der Waals surface area contributed by atoms with E-state index in [4.69, 9.17) is 11.6 Å². The SMILES string of the molecule is Cc1ccc(S(=O)(=O)N2CCCC[C@@H]2CC(=O)NCc2ccc(Cl)cc2)cc1. The van der Waals surface area contributed by atoms with Gasteiger partial charge in [0.1, 0.15) is 0 Å². The second-order valence-electron chi connectivity index (χ2n) is 7.19. The van der Waals surface area contributed by atoms with Crippen LogP contribution in [0, 0.1) is 6.92 Å². The number of benzene rings is 2. The van der Waals surface area contributed by atoms with Crippen molar-refractivity contribution in [2.75, 3.05) is 6.54 Å². The minimum absolute atomic E-state index is 0.147. The van der Waals surface area contributed by atoms with Crippen LogP contribution < -0.4 is 5.32 Å². The Kier molecular flexibility index (Phi) is 6.75. The molecule has 2 aromatic rings. The van der Waals surface area contributed by atoms with Gasteiger partial charge >= 0.3 is 0 Å². The molecule has 1 atom stereocenters. The van der Waals surface area contributed by atoms with Crippen LogP contribution in [0.25, 0.3) is 0 Å². The van der Waals surface area contributed by atoms with Crippen LogP contribution in [-0.4, -0.2) is 31.2 Å². The second kappa shape index (κ2) is 9.07. The van der Waals surface area contributed by atoms with Gasteiger partial charge in [-0.3, -0.25) is 4.79 Å². The van der Waals surface area contributed by atoms with E-state index in [-0.39, 0.29) is 23.3 Å². The number of rotatable bonds is 6. The minimum atomic E-state index is -3.61. The van der Waals surface area contributed by atoms with Gasteiger partial charge in [-0.25, -0.2) is 8.42 Å². The van der Waals surface area contributed by atoms with Crippen LogP contribution >= 0.6 is 11.6 Å². The van der Waals surface area contributed by atoms with Crippen LogP contribution in [0.4, 0.5) is 0 Å². The molecular weight excluding hydrogens is 396 g/mol. The zero-order valence-corrected chi connectivity index (χ0v) is 17.5. The summed E-state index contributed by atoms with van der Waals surface area (Å²) in [4.78, 5) is 12.7. The fraction of sp³-hybridized carbons (Fsp3) is 0.381. The molecule has 3 rings (SSSR count). The Bertz CT molecular complexity index is 912. The number of nitrogens with one attached hydrogen (secondary N) is 1. The predicted molar refractivity (Wildman–Crippen MR) is 111 cm³/mol. The lowest BCUT2D eigenvalue weighted by atomic mass is 10.0. The second-order valence-corrected chi connectivity index (χ2v) is 9.51. The van der Waals surface area contributed by atoms with E-state index in [2.05, 4.69) is 5.32 Å². The van der Waals surface area contributed by atoms with Gasteiger partial charge in [-0.2, -0.15) is 4.31 Å². The standard InChI is InChI=1S/C21H25ClN2O3S/c1-16-5-11-20(12-6-16)28(26,27)24-13-3-2-4-19(24)14-21(25)23-15-17-7-9-18(22)10-8-17/h5-12,19H,2-4,13-15H2,1H3,(H,23,25)/t19-/m1/s1. The van der Waals surface area contributed by atoms with Crippen LogP contribution in [0.5, 0.6) is 0 Å². The van der Waals surface area contributed by atoms with Crippen molar-refractivity contribution in [2.24, 2.45) is 0 Å². The third-order valence-electron chi connectivity index (χ3n) is 5.02. The number of amides is 1. The normalized spacial score (nSPS) is 18.0. The van der Waals surface area contributed by atoms with Gasteiger partial charge in [0.25, 0.3) is 0 Å². The lowest BCUT2D eigenvalue weighted by Gasteiger charge is -2.34. The highest BCUT2D eigenvalue weighted by Gasteiger charge is 2.34. The van der Waals surface area contributed by atoms with E-state index in [1.54, 1.807) is 36.4 Å². The molecule has 1 saturated heterocycles. The number of carbonyl (C=O) groups excluding carboxylic acids is 1. The molecule has 1 aliphatic heterocycles. The van der Waals surface area contributed by atoms with Crippen molar-refractivity contribution in [1.29, 1.82) is 0 Å². The van der Waals surface area contributed by atoms with Crippen LogP contribution in [0.15, 0.2) is 53.4 Å². The summed E-state index contributed by atoms with van der Waals surface area (Å²) in [5.41, 5.74) is 1.96. The highest BCUT2D eigenvalue weighted by molar-refractivity contribution is 7.89. The van der Waals surface area contributed by atoms with Gasteiger partial charge in [-0.05, 0) is 49.6 Å². The van der Waals surface area contributed by atoms with E-state index >= 15 is 0 Å². The minimum Gasteiger partial charge on any atom is -0.352 e. The Morgan fingerprint density at radius 1 is 1.11 bits per heavy atom. The van der Waals surface area contributed by atoms with Crippen molar-refractivity contribution in [3.05, 3.63) is 64.7 Å². The van der Waals surface area contributed by atoms with E-state index in [0.29, 0.717) is 24.5 Å². The lowest BCUT2D eigenvalue weighted by Crippen LogP contribution is -2.45. The van der Waals surface area contributed by atoms with Crippen molar-refractivity contribution in [3.8, 4) is 0 Å². The summed E-state index contributed by atoms with van der Waals surface area (Å²) in [7, 11) is -3.61. The number of aryl methyl sites for hydroxylation is 1. The van der Waals surface area contributed by atoms with Crippen LogP contribution in [0.1, 0.15) is 36.8 Å². The largest absolute Gasteiger partial charge is 0.352 e. The van der Waals surface area contributed by atoms with Crippen molar-refractivity contribution in [3.63, 3.8) is 0 Å². The number of nitrogens with zero attached hydrogens (tertiary/aromatic N) is 1. The van der Waals surface area contributed by atoms with Crippen molar-refractivity contribution >= 4 is 27.5 Å². The summed E-state index contributed by atoms with van der Waals surface area (Å²) >= 11 is 5.87. The first-order valence-electron chi connectivity index (χ1n) is 9.46. The van der Waals surface area contributed by atoms with E-state index in [0.717, 1.165) is 24.0 Å². The van der Waals surface area contributed by atoms with E-state index in [1.165, 1.54) is 4.31 Å². The van der Waals surface area contributed by atoms with Gasteiger partial charge in [0.2, 0.25) is 15.9 Å². The smallest absolute Gasteiger partial charge is 0.243 e. The number of halogens is 1. The first kappa shape index (κ1) is 20.8. The van der Waals surface area contributed by atoms with Gasteiger partial charge in [-0.15, -0.1) is 0 Å². The molecule has 7 heteroatoms. The van der Waals surface area contributed by atoms with Crippen molar-refractivity contribution < 1.29 is 13.2 Å². The maximum absolute atomic E-state index is 13.1. The van der Waals surface area contributed by atoms with E-state index < -0.39 is 10.0 Å². The Hall–Kier alpha value is -1.89. The maximum Gasteiger partial charge on any atom is 0.243 e. The molecule has 0 aromatic heterocycles. The Morgan fingerprint density at radius 2 is 1.79 bits per heavy atom. The molecule has 1 amide bonds. The van der Waals surface area contributed by atoms with Crippen molar-refractivity contribution in [2.45, 2.75) is 50.1 Å². The highest BCUT2D eigenvalue weighted by atomic mass is 35.5. The molecule has 0 saturated carbocycles. The van der Waals surface area contributed by atoms with Gasteiger partial charge in [0.15, 0.2) is 0 Å². The van der Waals surface area contributed by atoms with E-state index in [9.17, 15) is 13.2 Å². The summed E-state index contributed by atoms with van der Waals surface area (Å²) in [6.07, 6.45) is 2.60. The number of sulfonamides is 1. The molecule has 1 N–H and O–H groups in total. The average Bonchev–Trinajstić information content (AvgIpc) is 2.68. The zero-order chi connectivity index (χ0) is 20.1. The first-order valence-corrected chi connectivity index (χ1v) is 11.3. The maximum atomic E-state index is 13.1. The first-order chi connectivity index (χ1) is 13.4. The van der Waals surface area contributed by atoms with Gasteiger partial charge in [0, 0.05) is 30.6 Å². The number of carbonyl (C=O) groups is 1.